The Bertz CT molecular complexity index is 377. The monoisotopic (exact) mass is 248 g/mol. The van der Waals surface area contributed by atoms with Crippen LogP contribution in [0.3, 0.4) is 0 Å². The lowest BCUT2D eigenvalue weighted by atomic mass is 10.2. The van der Waals surface area contributed by atoms with Gasteiger partial charge in [-0.15, -0.1) is 0 Å². The molecule has 0 fully saturated rings. The highest BCUT2D eigenvalue weighted by molar-refractivity contribution is 5.92. The lowest BCUT2D eigenvalue weighted by Crippen LogP contribution is -2.30. The summed E-state index contributed by atoms with van der Waals surface area (Å²) in [5.74, 6) is -0.149. The van der Waals surface area contributed by atoms with Crippen LogP contribution < -0.4 is 11.1 Å². The molecule has 0 aliphatic carbocycles. The number of hydrogen-bond donors (Lipinski definition) is 2. The maximum Gasteiger partial charge on any atom is 0.246 e. The Hall–Kier alpha value is -1.65. The number of carbonyl (C=O) groups excluding carboxylic acids is 1. The van der Waals surface area contributed by atoms with Crippen LogP contribution >= 0.6 is 0 Å². The number of nitrogens with two attached hydrogens (primary N) is 1. The van der Waals surface area contributed by atoms with E-state index in [9.17, 15) is 4.79 Å². The lowest BCUT2D eigenvalue weighted by molar-refractivity contribution is -0.117. The fourth-order valence-electron chi connectivity index (χ4n) is 1.38. The third-order valence-corrected chi connectivity index (χ3v) is 2.41. The zero-order chi connectivity index (χ0) is 13.2. The predicted octanol–water partition coefficient (Wildman–Crippen LogP) is 1.22. The molecule has 0 saturated heterocycles. The van der Waals surface area contributed by atoms with Crippen molar-refractivity contribution < 1.29 is 9.53 Å². The second kappa shape index (κ2) is 8.44. The fraction of sp³-hybridized carbons (Fsp3) is 0.357. The van der Waals surface area contributed by atoms with Gasteiger partial charge in [-0.25, -0.2) is 0 Å². The smallest absolute Gasteiger partial charge is 0.246 e. The summed E-state index contributed by atoms with van der Waals surface area (Å²) in [7, 11) is 0. The number of rotatable bonds is 8. The van der Waals surface area contributed by atoms with E-state index >= 15 is 0 Å². The summed E-state index contributed by atoms with van der Waals surface area (Å²) in [5, 5.41) is 2.67. The zero-order valence-corrected chi connectivity index (χ0v) is 10.5. The molecule has 1 aromatic carbocycles. The standard InChI is InChI=1S/C14H20N2O2/c1-12(14(17)16-9-8-15)7-10-18-11-13-5-3-2-4-6-13/h2-6H,1,7-11,15H2,(H,16,17). The third kappa shape index (κ3) is 5.61. The topological polar surface area (TPSA) is 64.3 Å². The molecule has 0 aliphatic rings. The minimum atomic E-state index is -0.149. The van der Waals surface area contributed by atoms with E-state index in [1.54, 1.807) is 0 Å². The van der Waals surface area contributed by atoms with Crippen molar-refractivity contribution in [1.29, 1.82) is 0 Å². The number of carbonyl (C=O) groups is 1. The van der Waals surface area contributed by atoms with E-state index < -0.39 is 0 Å². The molecule has 4 nitrogen and oxygen atoms in total. The Balaban J connectivity index is 2.14. The van der Waals surface area contributed by atoms with Gasteiger partial charge in [0.05, 0.1) is 13.2 Å². The first-order chi connectivity index (χ1) is 8.74. The molecule has 1 rings (SSSR count). The molecule has 0 bridgehead atoms. The van der Waals surface area contributed by atoms with Gasteiger partial charge in [0.2, 0.25) is 5.91 Å². The molecule has 3 N–H and O–H groups in total. The Labute approximate surface area is 108 Å². The van der Waals surface area contributed by atoms with Crippen LogP contribution in [-0.4, -0.2) is 25.6 Å². The van der Waals surface area contributed by atoms with E-state index in [-0.39, 0.29) is 5.91 Å². The van der Waals surface area contributed by atoms with Crippen molar-refractivity contribution in [1.82, 2.24) is 5.32 Å². The van der Waals surface area contributed by atoms with Crippen molar-refractivity contribution in [2.24, 2.45) is 5.73 Å². The SMILES string of the molecule is C=C(CCOCc1ccccc1)C(=O)NCCN. The highest BCUT2D eigenvalue weighted by Crippen LogP contribution is 2.03. The van der Waals surface area contributed by atoms with Crippen LogP contribution in [0.15, 0.2) is 42.5 Å². The van der Waals surface area contributed by atoms with Gasteiger partial charge < -0.3 is 15.8 Å². The summed E-state index contributed by atoms with van der Waals surface area (Å²) in [6.45, 7) is 5.67. The van der Waals surface area contributed by atoms with Gasteiger partial charge in [-0.05, 0) is 5.56 Å². The molecule has 0 aromatic heterocycles. The third-order valence-electron chi connectivity index (χ3n) is 2.41. The summed E-state index contributed by atoms with van der Waals surface area (Å²) in [6, 6.07) is 9.91. The van der Waals surface area contributed by atoms with E-state index in [2.05, 4.69) is 11.9 Å². The van der Waals surface area contributed by atoms with Crippen molar-refractivity contribution in [3.8, 4) is 0 Å². The summed E-state index contributed by atoms with van der Waals surface area (Å²) in [5.41, 5.74) is 6.94. The van der Waals surface area contributed by atoms with Crippen molar-refractivity contribution in [2.45, 2.75) is 13.0 Å². The van der Waals surface area contributed by atoms with Crippen LogP contribution in [0.5, 0.6) is 0 Å². The number of hydrogen-bond acceptors (Lipinski definition) is 3. The van der Waals surface area contributed by atoms with Crippen LogP contribution in [0.4, 0.5) is 0 Å². The molecule has 1 amide bonds. The molecular formula is C14H20N2O2. The average Bonchev–Trinajstić information content (AvgIpc) is 2.41. The Kier molecular flexibility index (Phi) is 6.76. The highest BCUT2D eigenvalue weighted by atomic mass is 16.5. The molecule has 0 atom stereocenters. The molecule has 0 radical (unpaired) electrons. The number of benzene rings is 1. The van der Waals surface area contributed by atoms with E-state index in [0.29, 0.717) is 38.3 Å². The first kappa shape index (κ1) is 14.4. The largest absolute Gasteiger partial charge is 0.376 e. The summed E-state index contributed by atoms with van der Waals surface area (Å²) >= 11 is 0. The Morgan fingerprint density at radius 1 is 1.33 bits per heavy atom. The molecule has 0 aliphatic heterocycles. The molecule has 1 aromatic rings. The van der Waals surface area contributed by atoms with Gasteiger partial charge in [-0.1, -0.05) is 36.9 Å². The minimum absolute atomic E-state index is 0.149. The van der Waals surface area contributed by atoms with E-state index in [1.165, 1.54) is 0 Å². The lowest BCUT2D eigenvalue weighted by Gasteiger charge is -2.07. The second-order valence-electron chi connectivity index (χ2n) is 3.94. The summed E-state index contributed by atoms with van der Waals surface area (Å²) in [6.07, 6.45) is 0.531. The van der Waals surface area contributed by atoms with E-state index in [1.807, 2.05) is 30.3 Å². The molecule has 0 spiro atoms. The molecular weight excluding hydrogens is 228 g/mol. The molecule has 4 heteroatoms. The Morgan fingerprint density at radius 3 is 2.72 bits per heavy atom. The number of nitrogens with one attached hydrogen (secondary N) is 1. The van der Waals surface area contributed by atoms with E-state index in [0.717, 1.165) is 5.56 Å². The van der Waals surface area contributed by atoms with Crippen molar-refractivity contribution in [3.05, 3.63) is 48.0 Å². The first-order valence-electron chi connectivity index (χ1n) is 6.01. The van der Waals surface area contributed by atoms with Crippen LogP contribution in [0.1, 0.15) is 12.0 Å². The normalized spacial score (nSPS) is 10.1. The van der Waals surface area contributed by atoms with Gasteiger partial charge in [-0.3, -0.25) is 4.79 Å². The molecule has 0 saturated carbocycles. The van der Waals surface area contributed by atoms with E-state index in [4.69, 9.17) is 10.5 Å². The highest BCUT2D eigenvalue weighted by Gasteiger charge is 2.05. The minimum Gasteiger partial charge on any atom is -0.376 e. The van der Waals surface area contributed by atoms with Crippen LogP contribution in [0.25, 0.3) is 0 Å². The first-order valence-corrected chi connectivity index (χ1v) is 6.01. The average molecular weight is 248 g/mol. The summed E-state index contributed by atoms with van der Waals surface area (Å²) in [4.78, 5) is 11.4. The number of amides is 1. The second-order valence-corrected chi connectivity index (χ2v) is 3.94. The van der Waals surface area contributed by atoms with Gasteiger partial charge in [-0.2, -0.15) is 0 Å². The van der Waals surface area contributed by atoms with Crippen LogP contribution in [0.2, 0.25) is 0 Å². The van der Waals surface area contributed by atoms with Crippen molar-refractivity contribution in [3.63, 3.8) is 0 Å². The fourth-order valence-corrected chi connectivity index (χ4v) is 1.38. The van der Waals surface area contributed by atoms with Gasteiger partial charge in [0.25, 0.3) is 0 Å². The van der Waals surface area contributed by atoms with Crippen molar-refractivity contribution >= 4 is 5.91 Å². The maximum atomic E-state index is 11.4. The summed E-state index contributed by atoms with van der Waals surface area (Å²) < 4.78 is 5.48. The quantitative estimate of drug-likeness (QED) is 0.537. The van der Waals surface area contributed by atoms with Gasteiger partial charge in [0.1, 0.15) is 0 Å². The zero-order valence-electron chi connectivity index (χ0n) is 10.5. The molecule has 18 heavy (non-hydrogen) atoms. The maximum absolute atomic E-state index is 11.4. The Morgan fingerprint density at radius 2 is 2.06 bits per heavy atom. The molecule has 0 heterocycles. The van der Waals surface area contributed by atoms with Gasteiger partial charge in [0, 0.05) is 25.1 Å². The molecule has 98 valence electrons. The van der Waals surface area contributed by atoms with Crippen LogP contribution in [-0.2, 0) is 16.1 Å². The van der Waals surface area contributed by atoms with Crippen LogP contribution in [0, 0.1) is 0 Å². The van der Waals surface area contributed by atoms with Gasteiger partial charge in [0.15, 0.2) is 0 Å². The number of ether oxygens (including phenoxy) is 1. The molecule has 0 unspecified atom stereocenters. The predicted molar refractivity (Wildman–Crippen MR) is 71.9 cm³/mol. The van der Waals surface area contributed by atoms with Crippen molar-refractivity contribution in [2.75, 3.05) is 19.7 Å². The van der Waals surface area contributed by atoms with Gasteiger partial charge >= 0.3 is 0 Å².